The van der Waals surface area contributed by atoms with E-state index in [1.165, 1.54) is 0 Å². The molecule has 1 atom stereocenters. The SMILES string of the molecule is COc1ccc(CCNC(=O)C[C@@H](c2ccc3c(c2)OCO3)c2c(O)c3ccccc3oc2=O)cc1. The number of aromatic hydroxyl groups is 1. The number of methoxy groups -OCH3 is 1. The number of fused-ring (bicyclic) bond motifs is 2. The van der Waals surface area contributed by atoms with Crippen molar-refractivity contribution in [2.24, 2.45) is 0 Å². The van der Waals surface area contributed by atoms with Crippen molar-refractivity contribution in [2.75, 3.05) is 20.4 Å². The number of benzene rings is 3. The quantitative estimate of drug-likeness (QED) is 0.360. The summed E-state index contributed by atoms with van der Waals surface area (Å²) < 4.78 is 21.6. The summed E-state index contributed by atoms with van der Waals surface area (Å²) >= 11 is 0. The van der Waals surface area contributed by atoms with Crippen LogP contribution in [0.15, 0.2) is 75.9 Å². The molecule has 5 rings (SSSR count). The zero-order valence-electron chi connectivity index (χ0n) is 19.7. The number of nitrogens with one attached hydrogen (secondary N) is 1. The van der Waals surface area contributed by atoms with E-state index in [9.17, 15) is 14.7 Å². The monoisotopic (exact) mass is 487 g/mol. The predicted octanol–water partition coefficient (Wildman–Crippen LogP) is 4.12. The summed E-state index contributed by atoms with van der Waals surface area (Å²) in [5.74, 6) is 0.636. The van der Waals surface area contributed by atoms with Crippen LogP contribution in [0, 0.1) is 0 Å². The summed E-state index contributed by atoms with van der Waals surface area (Å²) in [7, 11) is 1.61. The fourth-order valence-corrected chi connectivity index (χ4v) is 4.37. The summed E-state index contributed by atoms with van der Waals surface area (Å²) in [6.07, 6.45) is 0.562. The molecule has 2 N–H and O–H groups in total. The van der Waals surface area contributed by atoms with Gasteiger partial charge in [-0.2, -0.15) is 0 Å². The first-order chi connectivity index (χ1) is 17.5. The predicted molar refractivity (Wildman–Crippen MR) is 133 cm³/mol. The second-order valence-electron chi connectivity index (χ2n) is 8.47. The summed E-state index contributed by atoms with van der Waals surface area (Å²) in [4.78, 5) is 26.0. The van der Waals surface area contributed by atoms with Gasteiger partial charge >= 0.3 is 5.63 Å². The van der Waals surface area contributed by atoms with Gasteiger partial charge in [0.1, 0.15) is 17.1 Å². The molecule has 0 saturated carbocycles. The minimum Gasteiger partial charge on any atom is -0.507 e. The Kier molecular flexibility index (Phi) is 6.49. The third-order valence-corrected chi connectivity index (χ3v) is 6.25. The van der Waals surface area contributed by atoms with Crippen LogP contribution in [0.1, 0.15) is 29.0 Å². The zero-order valence-corrected chi connectivity index (χ0v) is 19.7. The maximum atomic E-state index is 13.0. The smallest absolute Gasteiger partial charge is 0.343 e. The van der Waals surface area contributed by atoms with Crippen LogP contribution < -0.4 is 25.2 Å². The molecule has 0 aliphatic carbocycles. The molecule has 8 heteroatoms. The first kappa shape index (κ1) is 23.3. The van der Waals surface area contributed by atoms with Crippen molar-refractivity contribution in [3.8, 4) is 23.0 Å². The van der Waals surface area contributed by atoms with E-state index < -0.39 is 11.5 Å². The van der Waals surface area contributed by atoms with E-state index in [-0.39, 0.29) is 36.0 Å². The van der Waals surface area contributed by atoms with Crippen LogP contribution in [0.4, 0.5) is 0 Å². The minimum atomic E-state index is -0.763. The maximum Gasteiger partial charge on any atom is 0.343 e. The van der Waals surface area contributed by atoms with Crippen LogP contribution in [-0.2, 0) is 11.2 Å². The van der Waals surface area contributed by atoms with Crippen molar-refractivity contribution in [2.45, 2.75) is 18.8 Å². The Balaban J connectivity index is 1.41. The van der Waals surface area contributed by atoms with Crippen molar-refractivity contribution in [1.82, 2.24) is 5.32 Å². The van der Waals surface area contributed by atoms with Gasteiger partial charge in [-0.25, -0.2) is 4.79 Å². The van der Waals surface area contributed by atoms with Gasteiger partial charge in [-0.05, 0) is 53.9 Å². The minimum absolute atomic E-state index is 0.0258. The van der Waals surface area contributed by atoms with Crippen LogP contribution in [-0.4, -0.2) is 31.5 Å². The molecule has 1 aromatic heterocycles. The largest absolute Gasteiger partial charge is 0.507 e. The lowest BCUT2D eigenvalue weighted by molar-refractivity contribution is -0.121. The molecule has 1 aliphatic rings. The number of rotatable bonds is 8. The molecule has 0 spiro atoms. The molecule has 0 fully saturated rings. The van der Waals surface area contributed by atoms with Gasteiger partial charge in [-0.15, -0.1) is 0 Å². The molecule has 1 amide bonds. The van der Waals surface area contributed by atoms with E-state index in [0.29, 0.717) is 35.4 Å². The maximum absolute atomic E-state index is 13.0. The average Bonchev–Trinajstić information content (AvgIpc) is 3.36. The average molecular weight is 488 g/mol. The highest BCUT2D eigenvalue weighted by Crippen LogP contribution is 2.40. The van der Waals surface area contributed by atoms with E-state index in [1.54, 1.807) is 49.6 Å². The van der Waals surface area contributed by atoms with E-state index in [2.05, 4.69) is 5.32 Å². The Hall–Kier alpha value is -4.46. The molecule has 3 aromatic carbocycles. The Bertz CT molecular complexity index is 1460. The molecule has 36 heavy (non-hydrogen) atoms. The molecule has 0 saturated heterocycles. The number of carbonyl (C=O) groups excluding carboxylic acids is 1. The van der Waals surface area contributed by atoms with Gasteiger partial charge in [0, 0.05) is 18.9 Å². The molecular weight excluding hydrogens is 462 g/mol. The Labute approximate surface area is 207 Å². The van der Waals surface area contributed by atoms with E-state index >= 15 is 0 Å². The molecule has 8 nitrogen and oxygen atoms in total. The van der Waals surface area contributed by atoms with Crippen LogP contribution in [0.2, 0.25) is 0 Å². The van der Waals surface area contributed by atoms with E-state index in [1.807, 2.05) is 24.3 Å². The highest BCUT2D eigenvalue weighted by molar-refractivity contribution is 5.85. The Morgan fingerprint density at radius 2 is 1.83 bits per heavy atom. The summed E-state index contributed by atoms with van der Waals surface area (Å²) in [5.41, 5.74) is 1.29. The van der Waals surface area contributed by atoms with Gasteiger partial charge < -0.3 is 29.1 Å². The van der Waals surface area contributed by atoms with Crippen molar-refractivity contribution in [1.29, 1.82) is 0 Å². The third-order valence-electron chi connectivity index (χ3n) is 6.25. The molecule has 4 aromatic rings. The highest BCUT2D eigenvalue weighted by atomic mass is 16.7. The molecule has 0 bridgehead atoms. The van der Waals surface area contributed by atoms with Crippen molar-refractivity contribution in [3.05, 3.63) is 93.8 Å². The fourth-order valence-electron chi connectivity index (χ4n) is 4.37. The number of carbonyl (C=O) groups is 1. The number of hydrogen-bond acceptors (Lipinski definition) is 7. The van der Waals surface area contributed by atoms with Gasteiger partial charge in [0.25, 0.3) is 0 Å². The first-order valence-corrected chi connectivity index (χ1v) is 11.6. The normalized spacial score (nSPS) is 12.9. The lowest BCUT2D eigenvalue weighted by atomic mass is 9.87. The number of ether oxygens (including phenoxy) is 3. The van der Waals surface area contributed by atoms with Gasteiger partial charge in [-0.3, -0.25) is 4.79 Å². The summed E-state index contributed by atoms with van der Waals surface area (Å²) in [6, 6.07) is 19.6. The lowest BCUT2D eigenvalue weighted by Gasteiger charge is -2.19. The molecule has 0 radical (unpaired) electrons. The van der Waals surface area contributed by atoms with Crippen molar-refractivity contribution < 1.29 is 28.5 Å². The molecule has 2 heterocycles. The van der Waals surface area contributed by atoms with Crippen LogP contribution in [0.3, 0.4) is 0 Å². The second kappa shape index (κ2) is 10.0. The second-order valence-corrected chi connectivity index (χ2v) is 8.47. The van der Waals surface area contributed by atoms with Gasteiger partial charge in [0.2, 0.25) is 12.7 Å². The third kappa shape index (κ3) is 4.70. The van der Waals surface area contributed by atoms with Crippen LogP contribution >= 0.6 is 0 Å². The number of para-hydroxylation sites is 1. The van der Waals surface area contributed by atoms with Crippen molar-refractivity contribution >= 4 is 16.9 Å². The fraction of sp³-hybridized carbons (Fsp3) is 0.214. The Morgan fingerprint density at radius 3 is 2.64 bits per heavy atom. The summed E-state index contributed by atoms with van der Waals surface area (Å²) in [5, 5.41) is 14.4. The molecule has 184 valence electrons. The molecular formula is C28H25NO7. The zero-order chi connectivity index (χ0) is 25.1. The highest BCUT2D eigenvalue weighted by Gasteiger charge is 2.28. The summed E-state index contributed by atoms with van der Waals surface area (Å²) in [6.45, 7) is 0.510. The van der Waals surface area contributed by atoms with Gasteiger partial charge in [0.15, 0.2) is 11.5 Å². The van der Waals surface area contributed by atoms with E-state index in [4.69, 9.17) is 18.6 Å². The number of amides is 1. The van der Waals surface area contributed by atoms with Crippen LogP contribution in [0.5, 0.6) is 23.0 Å². The number of hydrogen-bond donors (Lipinski definition) is 2. The van der Waals surface area contributed by atoms with Gasteiger partial charge in [0.05, 0.1) is 18.1 Å². The van der Waals surface area contributed by atoms with Crippen LogP contribution in [0.25, 0.3) is 11.0 Å². The standard InChI is InChI=1S/C28H25NO7/c1-33-19-9-6-17(7-10-19)12-13-29-25(30)15-21(18-8-11-23-24(14-18)35-16-34-23)26-27(31)20-4-2-3-5-22(20)36-28(26)32/h2-11,14,21,31H,12-13,15-16H2,1H3,(H,29,30)/t21-/m0/s1. The van der Waals surface area contributed by atoms with E-state index in [0.717, 1.165) is 11.3 Å². The topological polar surface area (TPSA) is 107 Å². The Morgan fingerprint density at radius 1 is 1.06 bits per heavy atom. The van der Waals surface area contributed by atoms with Crippen molar-refractivity contribution in [3.63, 3.8) is 0 Å². The molecule has 1 aliphatic heterocycles. The van der Waals surface area contributed by atoms with Gasteiger partial charge in [-0.1, -0.05) is 30.3 Å². The lowest BCUT2D eigenvalue weighted by Crippen LogP contribution is -2.28. The molecule has 0 unspecified atom stereocenters. The first-order valence-electron chi connectivity index (χ1n) is 11.6.